The highest BCUT2D eigenvalue weighted by molar-refractivity contribution is 7.38. The van der Waals surface area contributed by atoms with Crippen molar-refractivity contribution < 1.29 is 19.1 Å². The predicted molar refractivity (Wildman–Crippen MR) is 68.2 cm³/mol. The number of esters is 2. The van der Waals surface area contributed by atoms with Gasteiger partial charge in [0.2, 0.25) is 0 Å². The number of carbonyl (C=O) groups is 2. The van der Waals surface area contributed by atoms with Crippen molar-refractivity contribution in [3.05, 3.63) is 24.3 Å². The van der Waals surface area contributed by atoms with Crippen LogP contribution in [0.4, 0.5) is 0 Å². The van der Waals surface area contributed by atoms with Crippen molar-refractivity contribution in [3.63, 3.8) is 0 Å². The fraction of sp³-hybridized carbons (Fsp3) is 0.500. The largest absolute Gasteiger partial charge is 0.462 e. The third-order valence-corrected chi connectivity index (χ3v) is 2.66. The molecule has 0 bridgehead atoms. The van der Waals surface area contributed by atoms with E-state index in [4.69, 9.17) is 9.47 Å². The van der Waals surface area contributed by atoms with Gasteiger partial charge in [-0.1, -0.05) is 21.7 Å². The van der Waals surface area contributed by atoms with Gasteiger partial charge in [-0.25, -0.2) is 9.59 Å². The van der Waals surface area contributed by atoms with Gasteiger partial charge in [0.25, 0.3) is 0 Å². The van der Waals surface area contributed by atoms with E-state index >= 15 is 0 Å². The lowest BCUT2D eigenvalue weighted by atomic mass is 10.4. The molecule has 0 aliphatic carbocycles. The minimum absolute atomic E-state index is 0.363. The summed E-state index contributed by atoms with van der Waals surface area (Å²) in [6.07, 6.45) is 1.45. The van der Waals surface area contributed by atoms with Crippen LogP contribution in [0.3, 0.4) is 0 Å². The van der Waals surface area contributed by atoms with Crippen LogP contribution in [-0.2, 0) is 19.1 Å². The molecule has 4 nitrogen and oxygen atoms in total. The van der Waals surface area contributed by atoms with Crippen LogP contribution in [-0.4, -0.2) is 37.5 Å². The second-order valence-corrected chi connectivity index (χ2v) is 4.84. The highest BCUT2D eigenvalue weighted by Crippen LogP contribution is 2.09. The van der Waals surface area contributed by atoms with Gasteiger partial charge in [-0.2, -0.15) is 0 Å². The summed E-state index contributed by atoms with van der Waals surface area (Å²) in [6.45, 7) is 10.9. The maximum atomic E-state index is 11.0. The van der Waals surface area contributed by atoms with E-state index in [1.807, 2.05) is 0 Å². The highest BCUT2D eigenvalue weighted by Gasteiger charge is 2.03. The van der Waals surface area contributed by atoms with Crippen LogP contribution in [0.25, 0.3) is 0 Å². The predicted octanol–water partition coefficient (Wildman–Crippen LogP) is 2.17. The molecule has 0 unspecified atom stereocenters. The van der Waals surface area contributed by atoms with Gasteiger partial charge in [-0.3, -0.25) is 0 Å². The second-order valence-electron chi connectivity index (χ2n) is 3.50. The van der Waals surface area contributed by atoms with Gasteiger partial charge >= 0.3 is 11.9 Å². The molecule has 0 rings (SSSR count). The Morgan fingerprint density at radius 1 is 0.941 bits per heavy atom. The Hall–Kier alpha value is -1.15. The van der Waals surface area contributed by atoms with Crippen molar-refractivity contribution in [1.29, 1.82) is 0 Å². The first-order valence-electron chi connectivity index (χ1n) is 5.23. The van der Waals surface area contributed by atoms with Gasteiger partial charge in [0.1, 0.15) is 0 Å². The summed E-state index contributed by atoms with van der Waals surface area (Å²) in [4.78, 5) is 22.0. The Morgan fingerprint density at radius 2 is 1.29 bits per heavy atom. The van der Waals surface area contributed by atoms with E-state index in [1.54, 1.807) is 13.8 Å². The van der Waals surface area contributed by atoms with Gasteiger partial charge in [0.05, 0.1) is 13.2 Å². The molecule has 0 spiro atoms. The summed E-state index contributed by atoms with van der Waals surface area (Å²) in [5.41, 5.74) is 0.800. The molecule has 5 heteroatoms. The molecule has 0 aromatic rings. The van der Waals surface area contributed by atoms with Crippen LogP contribution in [0.2, 0.25) is 0 Å². The zero-order valence-electron chi connectivity index (χ0n) is 10.3. The SMILES string of the molecule is C=C(C)C(=O)OCC[P]CCOC(=O)C(=C)C. The van der Waals surface area contributed by atoms with E-state index in [2.05, 4.69) is 13.2 Å². The summed E-state index contributed by atoms with van der Waals surface area (Å²) in [5.74, 6) is -0.734. The van der Waals surface area contributed by atoms with Gasteiger partial charge in [0, 0.05) is 23.5 Å². The summed E-state index contributed by atoms with van der Waals surface area (Å²) >= 11 is 0. The number of rotatable bonds is 8. The highest BCUT2D eigenvalue weighted by atomic mass is 31.1. The van der Waals surface area contributed by atoms with E-state index in [0.717, 1.165) is 20.9 Å². The normalized spacial score (nSPS) is 9.53. The number of hydrogen-bond acceptors (Lipinski definition) is 4. The molecular weight excluding hydrogens is 239 g/mol. The Bertz CT molecular complexity index is 280. The molecule has 0 aliphatic rings. The van der Waals surface area contributed by atoms with Gasteiger partial charge in [0.15, 0.2) is 0 Å². The summed E-state index contributed by atoms with van der Waals surface area (Å²) in [5, 5.41) is 0. The average molecular weight is 257 g/mol. The lowest BCUT2D eigenvalue weighted by molar-refractivity contribution is -0.139. The van der Waals surface area contributed by atoms with Crippen LogP contribution in [0, 0.1) is 0 Å². The smallest absolute Gasteiger partial charge is 0.333 e. The molecule has 0 saturated heterocycles. The number of carbonyl (C=O) groups excluding carboxylic acids is 2. The molecule has 0 N–H and O–H groups in total. The number of hydrogen-bond donors (Lipinski definition) is 0. The third-order valence-electron chi connectivity index (χ3n) is 1.66. The van der Waals surface area contributed by atoms with E-state index < -0.39 is 0 Å². The summed E-state index contributed by atoms with van der Waals surface area (Å²) in [6, 6.07) is 0. The molecular formula is C12H18O4P. The van der Waals surface area contributed by atoms with Gasteiger partial charge < -0.3 is 9.47 Å². The molecule has 0 aromatic carbocycles. The molecule has 17 heavy (non-hydrogen) atoms. The first-order valence-corrected chi connectivity index (χ1v) is 6.50. The van der Waals surface area contributed by atoms with Crippen LogP contribution < -0.4 is 0 Å². The zero-order valence-corrected chi connectivity index (χ0v) is 11.2. The van der Waals surface area contributed by atoms with Crippen LogP contribution in [0.15, 0.2) is 24.3 Å². The van der Waals surface area contributed by atoms with Crippen molar-refractivity contribution in [2.45, 2.75) is 13.8 Å². The molecule has 0 saturated carbocycles. The fourth-order valence-electron chi connectivity index (χ4n) is 0.764. The number of ether oxygens (including phenoxy) is 2. The molecule has 1 radical (unpaired) electrons. The van der Waals surface area contributed by atoms with Crippen LogP contribution in [0.5, 0.6) is 0 Å². The minimum Gasteiger partial charge on any atom is -0.462 e. The Labute approximate surface area is 104 Å². The zero-order chi connectivity index (χ0) is 13.3. The molecule has 0 fully saturated rings. The maximum Gasteiger partial charge on any atom is 0.333 e. The van der Waals surface area contributed by atoms with Crippen LogP contribution >= 0.6 is 8.58 Å². The Morgan fingerprint density at radius 3 is 1.59 bits per heavy atom. The van der Waals surface area contributed by atoms with Crippen molar-refractivity contribution in [1.82, 2.24) is 0 Å². The second kappa shape index (κ2) is 8.94. The van der Waals surface area contributed by atoms with Crippen LogP contribution in [0.1, 0.15) is 13.8 Å². The molecule has 0 aliphatic heterocycles. The quantitative estimate of drug-likeness (QED) is 0.289. The van der Waals surface area contributed by atoms with E-state index in [1.165, 1.54) is 0 Å². The van der Waals surface area contributed by atoms with E-state index in [-0.39, 0.29) is 11.9 Å². The maximum absolute atomic E-state index is 11.0. The van der Waals surface area contributed by atoms with E-state index in [0.29, 0.717) is 24.4 Å². The topological polar surface area (TPSA) is 52.6 Å². The Balaban J connectivity index is 3.36. The van der Waals surface area contributed by atoms with Gasteiger partial charge in [-0.15, -0.1) is 0 Å². The lowest BCUT2D eigenvalue weighted by Gasteiger charge is -2.05. The summed E-state index contributed by atoms with van der Waals surface area (Å²) in [7, 11) is 1.08. The van der Waals surface area contributed by atoms with Crippen molar-refractivity contribution in [2.24, 2.45) is 0 Å². The standard InChI is InChI=1S/C12H18O4P/c1-9(2)11(13)15-5-7-17-8-6-16-12(14)10(3)4/h1,3,5-8H2,2,4H3. The third kappa shape index (κ3) is 8.64. The molecule has 0 amide bonds. The van der Waals surface area contributed by atoms with Gasteiger partial charge in [-0.05, 0) is 13.8 Å². The van der Waals surface area contributed by atoms with Crippen molar-refractivity contribution >= 4 is 20.5 Å². The average Bonchev–Trinajstić information content (AvgIpc) is 2.26. The molecule has 95 valence electrons. The first-order chi connectivity index (χ1) is 7.95. The van der Waals surface area contributed by atoms with Crippen molar-refractivity contribution in [3.8, 4) is 0 Å². The molecule has 0 aromatic heterocycles. The fourth-order valence-corrected chi connectivity index (χ4v) is 1.43. The summed E-state index contributed by atoms with van der Waals surface area (Å²) < 4.78 is 9.80. The Kier molecular flexibility index (Phi) is 8.34. The van der Waals surface area contributed by atoms with Crippen molar-refractivity contribution in [2.75, 3.05) is 25.5 Å². The molecule has 0 heterocycles. The first kappa shape index (κ1) is 15.9. The minimum atomic E-state index is -0.367. The monoisotopic (exact) mass is 257 g/mol. The molecule has 0 atom stereocenters. The van der Waals surface area contributed by atoms with E-state index in [9.17, 15) is 9.59 Å². The lowest BCUT2D eigenvalue weighted by Crippen LogP contribution is -2.09.